The molecule has 9 nitrogen and oxygen atoms in total. The Bertz CT molecular complexity index is 445. The molecule has 110 valence electrons. The number of carbonyl (C=O) groups is 3. The predicted molar refractivity (Wildman–Crippen MR) is 64.5 cm³/mol. The topological polar surface area (TPSA) is 150 Å². The van der Waals surface area contributed by atoms with Crippen molar-refractivity contribution in [3.63, 3.8) is 0 Å². The van der Waals surface area contributed by atoms with Crippen LogP contribution in [-0.2, 0) is 19.4 Å². The number of amides is 2. The molecule has 4 N–H and O–H groups in total. The lowest BCUT2D eigenvalue weighted by atomic mass is 10.2. The molecule has 0 aromatic carbocycles. The number of rotatable bonds is 8. The Morgan fingerprint density at radius 1 is 1.21 bits per heavy atom. The van der Waals surface area contributed by atoms with Crippen LogP contribution in [0.15, 0.2) is 0 Å². The number of urea groups is 1. The smallest absolute Gasteiger partial charge is 0.326 e. The van der Waals surface area contributed by atoms with Gasteiger partial charge in [0.05, 0.1) is 12.2 Å². The first kappa shape index (κ1) is 17.2. The van der Waals surface area contributed by atoms with Gasteiger partial charge in [0.15, 0.2) is 9.84 Å². The summed E-state index contributed by atoms with van der Waals surface area (Å²) in [5.41, 5.74) is 0. The molecule has 0 spiro atoms. The Hall–Kier alpha value is -1.84. The highest BCUT2D eigenvalue weighted by Gasteiger charge is 2.22. The fourth-order valence-electron chi connectivity index (χ4n) is 1.05. The maximum absolute atomic E-state index is 11.2. The Morgan fingerprint density at radius 2 is 1.79 bits per heavy atom. The molecule has 0 rings (SSSR count). The Morgan fingerprint density at radius 3 is 2.21 bits per heavy atom. The number of carbonyl (C=O) groups excluding carboxylic acids is 1. The van der Waals surface area contributed by atoms with E-state index in [1.165, 1.54) is 6.92 Å². The van der Waals surface area contributed by atoms with Crippen molar-refractivity contribution >= 4 is 27.8 Å². The number of aliphatic carboxylic acids is 2. The van der Waals surface area contributed by atoms with Crippen molar-refractivity contribution in [2.24, 2.45) is 0 Å². The maximum Gasteiger partial charge on any atom is 0.326 e. The van der Waals surface area contributed by atoms with Crippen LogP contribution in [0.25, 0.3) is 0 Å². The second kappa shape index (κ2) is 7.56. The first-order chi connectivity index (χ1) is 8.68. The largest absolute Gasteiger partial charge is 0.481 e. The molecule has 19 heavy (non-hydrogen) atoms. The van der Waals surface area contributed by atoms with Crippen molar-refractivity contribution in [3.05, 3.63) is 0 Å². The molecule has 0 radical (unpaired) electrons. The molecule has 2 amide bonds. The van der Waals surface area contributed by atoms with Gasteiger partial charge in [0.1, 0.15) is 6.04 Å². The van der Waals surface area contributed by atoms with E-state index in [1.807, 2.05) is 5.32 Å². The number of hydrogen-bond donors (Lipinski definition) is 4. The summed E-state index contributed by atoms with van der Waals surface area (Å²) >= 11 is 0. The molecule has 10 heteroatoms. The second-order valence-corrected chi connectivity index (χ2v) is 6.10. The van der Waals surface area contributed by atoms with Gasteiger partial charge >= 0.3 is 18.0 Å². The van der Waals surface area contributed by atoms with E-state index in [1.54, 1.807) is 0 Å². The van der Waals surface area contributed by atoms with Crippen molar-refractivity contribution in [2.75, 3.05) is 18.1 Å². The molecule has 0 aliphatic heterocycles. The van der Waals surface area contributed by atoms with Crippen LogP contribution in [0.2, 0.25) is 0 Å². The first-order valence-electron chi connectivity index (χ1n) is 5.37. The second-order valence-electron chi connectivity index (χ2n) is 3.63. The molecule has 0 aromatic heterocycles. The van der Waals surface area contributed by atoms with Crippen molar-refractivity contribution < 1.29 is 33.0 Å². The lowest BCUT2D eigenvalue weighted by Crippen LogP contribution is -2.47. The molecule has 0 aromatic rings. The number of nitrogens with one attached hydrogen (secondary N) is 2. The van der Waals surface area contributed by atoms with Crippen LogP contribution < -0.4 is 10.6 Å². The molecule has 0 bridgehead atoms. The third-order valence-corrected chi connectivity index (χ3v) is 3.83. The van der Waals surface area contributed by atoms with Gasteiger partial charge in [0, 0.05) is 12.3 Å². The summed E-state index contributed by atoms with van der Waals surface area (Å²) < 4.78 is 22.2. The Kier molecular flexibility index (Phi) is 6.83. The summed E-state index contributed by atoms with van der Waals surface area (Å²) in [5, 5.41) is 21.2. The standard InChI is InChI=1S/C9H16N2O7S/c1-2-19(17,18)4-3-10-9(16)11-6(8(14)15)5-7(12)13/h6H,2-5H2,1H3,(H,12,13)(H,14,15)(H2,10,11,16)/t6-/m1/s1. The summed E-state index contributed by atoms with van der Waals surface area (Å²) in [7, 11) is -3.23. The highest BCUT2D eigenvalue weighted by atomic mass is 32.2. The number of carboxylic acid groups (broad SMARTS) is 2. The average molecular weight is 296 g/mol. The van der Waals surface area contributed by atoms with Crippen molar-refractivity contribution in [1.29, 1.82) is 0 Å². The highest BCUT2D eigenvalue weighted by molar-refractivity contribution is 7.91. The predicted octanol–water partition coefficient (Wildman–Crippen LogP) is -1.35. The summed E-state index contributed by atoms with van der Waals surface area (Å²) in [6.45, 7) is 1.28. The SMILES string of the molecule is CCS(=O)(=O)CCNC(=O)N[C@H](CC(=O)O)C(=O)O. The highest BCUT2D eigenvalue weighted by Crippen LogP contribution is 1.93. The van der Waals surface area contributed by atoms with E-state index in [-0.39, 0.29) is 18.1 Å². The van der Waals surface area contributed by atoms with E-state index in [9.17, 15) is 22.8 Å². The monoisotopic (exact) mass is 296 g/mol. The van der Waals surface area contributed by atoms with Crippen LogP contribution in [0.1, 0.15) is 13.3 Å². The molecule has 1 atom stereocenters. The van der Waals surface area contributed by atoms with Gasteiger partial charge in [-0.3, -0.25) is 4.79 Å². The molecule has 0 aliphatic carbocycles. The van der Waals surface area contributed by atoms with Gasteiger partial charge in [-0.15, -0.1) is 0 Å². The van der Waals surface area contributed by atoms with Crippen molar-refractivity contribution in [3.8, 4) is 0 Å². The zero-order chi connectivity index (χ0) is 15.1. The number of carboxylic acids is 2. The van der Waals surface area contributed by atoms with Crippen LogP contribution in [0.4, 0.5) is 4.79 Å². The minimum atomic E-state index is -3.23. The number of sulfone groups is 1. The van der Waals surface area contributed by atoms with Crippen LogP contribution in [-0.4, -0.2) is 60.7 Å². The molecular weight excluding hydrogens is 280 g/mol. The van der Waals surface area contributed by atoms with Crippen LogP contribution >= 0.6 is 0 Å². The average Bonchev–Trinajstić information content (AvgIpc) is 2.27. The molecule has 0 heterocycles. The summed E-state index contributed by atoms with van der Waals surface area (Å²) in [4.78, 5) is 32.3. The van der Waals surface area contributed by atoms with E-state index in [2.05, 4.69) is 5.32 Å². The molecule has 0 unspecified atom stereocenters. The van der Waals surface area contributed by atoms with E-state index in [4.69, 9.17) is 10.2 Å². The van der Waals surface area contributed by atoms with Crippen LogP contribution in [0.5, 0.6) is 0 Å². The van der Waals surface area contributed by atoms with Gasteiger partial charge in [-0.1, -0.05) is 6.92 Å². The lowest BCUT2D eigenvalue weighted by Gasteiger charge is -2.13. The maximum atomic E-state index is 11.2. The molecule has 0 fully saturated rings. The van der Waals surface area contributed by atoms with E-state index in [0.717, 1.165) is 0 Å². The van der Waals surface area contributed by atoms with Crippen LogP contribution in [0.3, 0.4) is 0 Å². The quantitative estimate of drug-likeness (QED) is 0.432. The van der Waals surface area contributed by atoms with E-state index < -0.39 is 40.3 Å². The van der Waals surface area contributed by atoms with Crippen molar-refractivity contribution in [1.82, 2.24) is 10.6 Å². The minimum absolute atomic E-state index is 0.0624. The number of hydrogen-bond acceptors (Lipinski definition) is 5. The summed E-state index contributed by atoms with van der Waals surface area (Å²) in [6.07, 6.45) is -0.768. The van der Waals surface area contributed by atoms with Crippen LogP contribution in [0, 0.1) is 0 Å². The third kappa shape index (κ3) is 7.97. The lowest BCUT2D eigenvalue weighted by molar-refractivity contribution is -0.145. The minimum Gasteiger partial charge on any atom is -0.481 e. The molecular formula is C9H16N2O7S. The first-order valence-corrected chi connectivity index (χ1v) is 7.19. The summed E-state index contributed by atoms with van der Waals surface area (Å²) in [6, 6.07) is -2.50. The van der Waals surface area contributed by atoms with Gasteiger partial charge in [-0.2, -0.15) is 0 Å². The van der Waals surface area contributed by atoms with Gasteiger partial charge in [0.2, 0.25) is 0 Å². The molecule has 0 aliphatic rings. The Labute approximate surface area is 109 Å². The Balaban J connectivity index is 4.21. The van der Waals surface area contributed by atoms with Gasteiger partial charge in [-0.05, 0) is 0 Å². The van der Waals surface area contributed by atoms with Gasteiger partial charge < -0.3 is 20.8 Å². The normalized spacial score (nSPS) is 12.5. The third-order valence-electron chi connectivity index (χ3n) is 2.12. The fourth-order valence-corrected chi connectivity index (χ4v) is 1.75. The molecule has 0 saturated carbocycles. The summed E-state index contributed by atoms with van der Waals surface area (Å²) in [5.74, 6) is -3.19. The fraction of sp³-hybridized carbons (Fsp3) is 0.667. The van der Waals surface area contributed by atoms with Crippen molar-refractivity contribution in [2.45, 2.75) is 19.4 Å². The van der Waals surface area contributed by atoms with Gasteiger partial charge in [0.25, 0.3) is 0 Å². The zero-order valence-corrected chi connectivity index (χ0v) is 11.1. The van der Waals surface area contributed by atoms with E-state index >= 15 is 0 Å². The van der Waals surface area contributed by atoms with Gasteiger partial charge in [-0.25, -0.2) is 18.0 Å². The zero-order valence-electron chi connectivity index (χ0n) is 10.2. The molecule has 0 saturated heterocycles. The van der Waals surface area contributed by atoms with E-state index in [0.29, 0.717) is 0 Å².